The molecule has 0 atom stereocenters. The molecule has 0 bridgehead atoms. The smallest absolute Gasteiger partial charge is 0.275 e. The molecule has 1 amide bonds. The van der Waals surface area contributed by atoms with Crippen molar-refractivity contribution in [2.75, 3.05) is 18.0 Å². The number of anilines is 1. The fourth-order valence-electron chi connectivity index (χ4n) is 4.05. The van der Waals surface area contributed by atoms with Gasteiger partial charge in [0.05, 0.1) is 22.5 Å². The number of primary amides is 1. The lowest BCUT2D eigenvalue weighted by atomic mass is 10.0. The van der Waals surface area contributed by atoms with E-state index in [1.807, 2.05) is 18.2 Å². The Morgan fingerprint density at radius 1 is 1.15 bits per heavy atom. The molecule has 0 radical (unpaired) electrons. The number of nitrogens with two attached hydrogens (primary N) is 1. The highest BCUT2D eigenvalue weighted by atomic mass is 19.1. The van der Waals surface area contributed by atoms with Crippen LogP contribution < -0.4 is 16.2 Å². The number of para-hydroxylation sites is 1. The van der Waals surface area contributed by atoms with Crippen molar-refractivity contribution in [2.24, 2.45) is 12.8 Å². The van der Waals surface area contributed by atoms with Crippen molar-refractivity contribution in [3.05, 3.63) is 64.2 Å². The molecule has 2 heterocycles. The van der Waals surface area contributed by atoms with Crippen molar-refractivity contribution in [1.82, 2.24) is 9.36 Å². The number of rotatable bonds is 3. The number of fused-ring (bicyclic) bond motifs is 1. The molecule has 27 heavy (non-hydrogen) atoms. The highest BCUT2D eigenvalue weighted by molar-refractivity contribution is 6.05. The molecule has 0 saturated carbocycles. The van der Waals surface area contributed by atoms with Crippen LogP contribution in [0, 0.1) is 5.82 Å². The Balaban J connectivity index is 1.70. The highest BCUT2D eigenvalue weighted by Gasteiger charge is 2.26. The van der Waals surface area contributed by atoms with Crippen LogP contribution in [0.3, 0.4) is 0 Å². The number of carbonyl (C=O) groups is 1. The van der Waals surface area contributed by atoms with Crippen LogP contribution in [0.4, 0.5) is 10.1 Å². The Labute approximate surface area is 155 Å². The molecule has 2 aromatic carbocycles. The molecule has 3 aromatic rings. The first-order valence-electron chi connectivity index (χ1n) is 8.98. The van der Waals surface area contributed by atoms with Crippen LogP contribution in [0.15, 0.2) is 47.3 Å². The maximum atomic E-state index is 13.9. The molecule has 1 aromatic heterocycles. The van der Waals surface area contributed by atoms with Crippen molar-refractivity contribution < 1.29 is 9.18 Å². The van der Waals surface area contributed by atoms with E-state index in [1.54, 1.807) is 16.4 Å². The zero-order valence-corrected chi connectivity index (χ0v) is 15.1. The molecule has 4 rings (SSSR count). The molecule has 6 nitrogen and oxygen atoms in total. The molecule has 140 valence electrons. The fourth-order valence-corrected chi connectivity index (χ4v) is 4.05. The average molecular weight is 368 g/mol. The van der Waals surface area contributed by atoms with E-state index >= 15 is 0 Å². The van der Waals surface area contributed by atoms with Crippen LogP contribution in [0.25, 0.3) is 10.9 Å². The van der Waals surface area contributed by atoms with Gasteiger partial charge >= 0.3 is 0 Å². The summed E-state index contributed by atoms with van der Waals surface area (Å²) in [5.41, 5.74) is 6.57. The van der Waals surface area contributed by atoms with Crippen molar-refractivity contribution in [2.45, 2.75) is 18.9 Å². The summed E-state index contributed by atoms with van der Waals surface area (Å²) >= 11 is 0. The van der Waals surface area contributed by atoms with E-state index in [1.165, 1.54) is 11.8 Å². The summed E-state index contributed by atoms with van der Waals surface area (Å²) in [6, 6.07) is 12.5. The Bertz CT molecular complexity index is 1060. The number of hydrogen-bond acceptors (Lipinski definition) is 3. The Morgan fingerprint density at radius 3 is 2.44 bits per heavy atom. The molecule has 0 aliphatic carbocycles. The topological polar surface area (TPSA) is 73.3 Å². The minimum atomic E-state index is -0.798. The van der Waals surface area contributed by atoms with Gasteiger partial charge in [0.1, 0.15) is 5.82 Å². The third-order valence-electron chi connectivity index (χ3n) is 5.37. The van der Waals surface area contributed by atoms with E-state index in [0.29, 0.717) is 5.52 Å². The van der Waals surface area contributed by atoms with E-state index in [0.717, 1.165) is 32.0 Å². The lowest BCUT2D eigenvalue weighted by Gasteiger charge is -2.34. The first kappa shape index (κ1) is 17.3. The third kappa shape index (κ3) is 2.89. The zero-order chi connectivity index (χ0) is 19.1. The summed E-state index contributed by atoms with van der Waals surface area (Å²) in [6.45, 7) is 1.64. The summed E-state index contributed by atoms with van der Waals surface area (Å²) in [4.78, 5) is 27.0. The molecular weight excluding hydrogens is 347 g/mol. The van der Waals surface area contributed by atoms with E-state index in [9.17, 15) is 14.0 Å². The highest BCUT2D eigenvalue weighted by Crippen LogP contribution is 2.27. The van der Waals surface area contributed by atoms with E-state index < -0.39 is 11.7 Å². The van der Waals surface area contributed by atoms with Crippen LogP contribution >= 0.6 is 0 Å². The molecule has 7 heteroatoms. The Kier molecular flexibility index (Phi) is 4.22. The third-order valence-corrected chi connectivity index (χ3v) is 5.37. The normalized spacial score (nSPS) is 15.4. The van der Waals surface area contributed by atoms with Crippen molar-refractivity contribution in [3.8, 4) is 0 Å². The minimum absolute atomic E-state index is 0.0151. The molecule has 0 unspecified atom stereocenters. The zero-order valence-electron chi connectivity index (χ0n) is 15.1. The van der Waals surface area contributed by atoms with E-state index in [4.69, 9.17) is 5.73 Å². The number of carbonyl (C=O) groups excluding carboxylic acids is 1. The Hall–Kier alpha value is -3.09. The number of aromatic nitrogens is 2. The van der Waals surface area contributed by atoms with Gasteiger partial charge in [-0.25, -0.2) is 9.07 Å². The van der Waals surface area contributed by atoms with Crippen LogP contribution in [0.1, 0.15) is 29.2 Å². The average Bonchev–Trinajstić information content (AvgIpc) is 2.92. The number of nitrogens with zero attached hydrogens (tertiary/aromatic N) is 3. The number of halogens is 1. The Morgan fingerprint density at radius 2 is 1.81 bits per heavy atom. The van der Waals surface area contributed by atoms with Gasteiger partial charge in [0.15, 0.2) is 0 Å². The molecular formula is C20H21FN4O2. The standard InChI is InChI=1S/C20H21FN4O2/c1-23-17-12-13(21)11-16(19(22)26)18(17)20(27)25(23)15-7-9-24(10-8-15)14-5-3-2-4-6-14/h2-6,11-12,15H,7-10H2,1H3,(H2,22,26). The molecule has 1 saturated heterocycles. The second kappa shape index (κ2) is 6.57. The van der Waals surface area contributed by atoms with Crippen molar-refractivity contribution in [3.63, 3.8) is 0 Å². The van der Waals surface area contributed by atoms with Gasteiger partial charge in [-0.15, -0.1) is 0 Å². The lowest BCUT2D eigenvalue weighted by Crippen LogP contribution is -2.38. The van der Waals surface area contributed by atoms with Gasteiger partial charge in [0.2, 0.25) is 5.91 Å². The predicted molar refractivity (Wildman–Crippen MR) is 103 cm³/mol. The maximum Gasteiger partial charge on any atom is 0.275 e. The molecule has 1 aliphatic heterocycles. The van der Waals surface area contributed by atoms with E-state index in [-0.39, 0.29) is 22.6 Å². The summed E-state index contributed by atoms with van der Waals surface area (Å²) in [7, 11) is 1.72. The monoisotopic (exact) mass is 368 g/mol. The number of aryl methyl sites for hydroxylation is 1. The number of hydrogen-bond donors (Lipinski definition) is 1. The quantitative estimate of drug-likeness (QED) is 0.772. The van der Waals surface area contributed by atoms with Crippen LogP contribution in [0.2, 0.25) is 0 Å². The lowest BCUT2D eigenvalue weighted by molar-refractivity contribution is 0.100. The molecule has 2 N–H and O–H groups in total. The van der Waals surface area contributed by atoms with Gasteiger partial charge in [-0.05, 0) is 37.1 Å². The first-order chi connectivity index (χ1) is 13.0. The van der Waals surface area contributed by atoms with Gasteiger partial charge in [0, 0.05) is 25.8 Å². The number of piperidine rings is 1. The second-order valence-electron chi connectivity index (χ2n) is 6.94. The molecule has 1 fully saturated rings. The van der Waals surface area contributed by atoms with Gasteiger partial charge in [-0.3, -0.25) is 14.3 Å². The number of benzene rings is 2. The predicted octanol–water partition coefficient (Wildman–Crippen LogP) is 2.42. The van der Waals surface area contributed by atoms with Crippen LogP contribution in [-0.4, -0.2) is 28.4 Å². The maximum absolute atomic E-state index is 13.9. The summed E-state index contributed by atoms with van der Waals surface area (Å²) < 4.78 is 17.2. The first-order valence-corrected chi connectivity index (χ1v) is 8.98. The largest absolute Gasteiger partial charge is 0.371 e. The molecule has 1 aliphatic rings. The van der Waals surface area contributed by atoms with Crippen LogP contribution in [-0.2, 0) is 7.05 Å². The fraction of sp³-hybridized carbons (Fsp3) is 0.300. The summed E-state index contributed by atoms with van der Waals surface area (Å²) in [5, 5.41) is 0.192. The number of amides is 1. The SMILES string of the molecule is Cn1c2cc(F)cc(C(N)=O)c2c(=O)n1C1CCN(c2ccccc2)CC1. The van der Waals surface area contributed by atoms with Gasteiger partial charge in [-0.1, -0.05) is 18.2 Å². The summed E-state index contributed by atoms with van der Waals surface area (Å²) in [6.07, 6.45) is 1.57. The van der Waals surface area contributed by atoms with Crippen LogP contribution in [0.5, 0.6) is 0 Å². The van der Waals surface area contributed by atoms with Crippen molar-refractivity contribution in [1.29, 1.82) is 0 Å². The van der Waals surface area contributed by atoms with E-state index in [2.05, 4.69) is 17.0 Å². The van der Waals surface area contributed by atoms with Gasteiger partial charge < -0.3 is 10.6 Å². The second-order valence-corrected chi connectivity index (χ2v) is 6.94. The van der Waals surface area contributed by atoms with Gasteiger partial charge in [0.25, 0.3) is 5.56 Å². The van der Waals surface area contributed by atoms with Crippen molar-refractivity contribution >= 4 is 22.5 Å². The minimum Gasteiger partial charge on any atom is -0.371 e. The van der Waals surface area contributed by atoms with Gasteiger partial charge in [-0.2, -0.15) is 0 Å². The molecule has 0 spiro atoms. The summed E-state index contributed by atoms with van der Waals surface area (Å²) in [5.74, 6) is -1.38.